The van der Waals surface area contributed by atoms with Crippen molar-refractivity contribution >= 4 is 35.0 Å². The Morgan fingerprint density at radius 3 is 2.22 bits per heavy atom. The molecular formula is C33H28ClF3N2O6. The molecule has 0 saturated heterocycles. The summed E-state index contributed by atoms with van der Waals surface area (Å²) in [7, 11) is 3.77. The number of Topliss-reactive ketones (excluding diaryl/α,β-unsaturated/α-hetero) is 1. The van der Waals surface area contributed by atoms with Gasteiger partial charge in [0.1, 0.15) is 17.5 Å². The minimum atomic E-state index is -4.69. The Labute approximate surface area is 261 Å². The number of nitrogens with two attached hydrogens (primary N) is 1. The summed E-state index contributed by atoms with van der Waals surface area (Å²) < 4.78 is 57.0. The second-order valence-corrected chi connectivity index (χ2v) is 10.9. The molecule has 3 aromatic rings. The van der Waals surface area contributed by atoms with Gasteiger partial charge in [0.25, 0.3) is 0 Å². The minimum Gasteiger partial charge on any atom is -0.497 e. The Hall–Kier alpha value is -4.77. The van der Waals surface area contributed by atoms with E-state index in [0.29, 0.717) is 21.9 Å². The number of halogens is 4. The van der Waals surface area contributed by atoms with E-state index in [1.807, 2.05) is 0 Å². The molecule has 0 fully saturated rings. The molecule has 0 saturated carbocycles. The highest BCUT2D eigenvalue weighted by Gasteiger charge is 2.51. The molecule has 234 valence electrons. The summed E-state index contributed by atoms with van der Waals surface area (Å²) in [5.74, 6) is -5.44. The number of benzene rings is 3. The lowest BCUT2D eigenvalue weighted by Crippen LogP contribution is -2.46. The van der Waals surface area contributed by atoms with Gasteiger partial charge in [-0.25, -0.2) is 4.79 Å². The van der Waals surface area contributed by atoms with Gasteiger partial charge in [-0.2, -0.15) is 13.2 Å². The molecule has 45 heavy (non-hydrogen) atoms. The Morgan fingerprint density at radius 2 is 1.62 bits per heavy atom. The Kier molecular flexibility index (Phi) is 8.66. The molecule has 3 aromatic carbocycles. The lowest BCUT2D eigenvalue weighted by atomic mass is 9.67. The predicted molar refractivity (Wildman–Crippen MR) is 159 cm³/mol. The first kappa shape index (κ1) is 31.6. The summed E-state index contributed by atoms with van der Waals surface area (Å²) in [6, 6.07) is 17.5. The fraction of sp³-hybridized carbons (Fsp3) is 0.242. The van der Waals surface area contributed by atoms with Crippen molar-refractivity contribution in [2.45, 2.75) is 24.4 Å². The van der Waals surface area contributed by atoms with Crippen LogP contribution in [0.1, 0.15) is 34.9 Å². The smallest absolute Gasteiger partial charge is 0.416 e. The number of allylic oxidation sites excluding steroid dienone is 2. The summed E-state index contributed by atoms with van der Waals surface area (Å²) in [5, 5.41) is 0.293. The van der Waals surface area contributed by atoms with Gasteiger partial charge in [-0.1, -0.05) is 41.9 Å². The number of methoxy groups -OCH3 is 3. The molecule has 1 aliphatic heterocycles. The summed E-state index contributed by atoms with van der Waals surface area (Å²) in [4.78, 5) is 42.7. The number of carbonyl (C=O) groups is 3. The number of ketones is 1. The van der Waals surface area contributed by atoms with Gasteiger partial charge >= 0.3 is 18.1 Å². The first-order valence-corrected chi connectivity index (χ1v) is 14.1. The lowest BCUT2D eigenvalue weighted by molar-refractivity contribution is -0.150. The van der Waals surface area contributed by atoms with Crippen LogP contribution in [0.4, 0.5) is 18.9 Å². The molecule has 5 rings (SSSR count). The van der Waals surface area contributed by atoms with Gasteiger partial charge in [-0.3, -0.25) is 14.5 Å². The summed E-state index contributed by atoms with van der Waals surface area (Å²) in [6.07, 6.45) is -4.73. The highest BCUT2D eigenvalue weighted by Crippen LogP contribution is 2.52. The van der Waals surface area contributed by atoms with E-state index < -0.39 is 47.2 Å². The minimum absolute atomic E-state index is 0.00978. The second-order valence-electron chi connectivity index (χ2n) is 10.5. The van der Waals surface area contributed by atoms with E-state index in [-0.39, 0.29) is 34.8 Å². The molecule has 0 spiro atoms. The van der Waals surface area contributed by atoms with Crippen LogP contribution in [0, 0.1) is 5.92 Å². The van der Waals surface area contributed by atoms with Crippen molar-refractivity contribution in [3.8, 4) is 5.75 Å². The third-order valence-corrected chi connectivity index (χ3v) is 8.29. The quantitative estimate of drug-likeness (QED) is 0.254. The van der Waals surface area contributed by atoms with E-state index in [2.05, 4.69) is 0 Å². The number of alkyl halides is 3. The highest BCUT2D eigenvalue weighted by molar-refractivity contribution is 6.30. The maximum absolute atomic E-state index is 14.7. The van der Waals surface area contributed by atoms with Crippen LogP contribution in [-0.2, 0) is 30.0 Å². The van der Waals surface area contributed by atoms with Crippen molar-refractivity contribution in [3.63, 3.8) is 0 Å². The molecule has 0 amide bonds. The van der Waals surface area contributed by atoms with Gasteiger partial charge in [-0.05, 0) is 60.0 Å². The van der Waals surface area contributed by atoms with Crippen molar-refractivity contribution in [1.82, 2.24) is 0 Å². The van der Waals surface area contributed by atoms with Crippen LogP contribution in [0.25, 0.3) is 0 Å². The average molecular weight is 641 g/mol. The zero-order chi connectivity index (χ0) is 32.6. The third kappa shape index (κ3) is 5.75. The summed E-state index contributed by atoms with van der Waals surface area (Å²) >= 11 is 6.32. The van der Waals surface area contributed by atoms with Gasteiger partial charge in [-0.15, -0.1) is 0 Å². The van der Waals surface area contributed by atoms with Gasteiger partial charge < -0.3 is 19.9 Å². The fourth-order valence-corrected chi connectivity index (χ4v) is 6.23. The molecule has 3 atom stereocenters. The number of carbonyl (C=O) groups excluding carboxylic acids is 3. The number of anilines is 1. The average Bonchev–Trinajstić information content (AvgIpc) is 3.03. The van der Waals surface area contributed by atoms with Crippen LogP contribution in [0.5, 0.6) is 5.75 Å². The first-order valence-electron chi connectivity index (χ1n) is 13.7. The van der Waals surface area contributed by atoms with Crippen LogP contribution in [0.3, 0.4) is 0 Å². The number of hydrogen-bond donors (Lipinski definition) is 1. The second kappa shape index (κ2) is 12.3. The Bertz CT molecular complexity index is 1730. The van der Waals surface area contributed by atoms with Crippen LogP contribution < -0.4 is 15.4 Å². The van der Waals surface area contributed by atoms with Crippen molar-refractivity contribution in [3.05, 3.63) is 117 Å². The molecule has 2 N–H and O–H groups in total. The standard InChI is InChI=1S/C33H28ClF3N2O6/c1-43-22-12-10-17(11-13-22)23-16-24-27(29(40)26(23)31(41)44-2)25(18-6-4-8-20(34)14-18)28(32(42)45-3)30(38)39(24)21-9-5-7-19(15-21)33(35,36)37/h4-15,23,25-26H,16,38H2,1-3H3/t23-,25-,26+/m0/s1. The molecule has 0 bridgehead atoms. The number of nitrogens with zero attached hydrogens (tertiary/aromatic N) is 1. The fourth-order valence-electron chi connectivity index (χ4n) is 6.04. The van der Waals surface area contributed by atoms with Crippen LogP contribution in [0.15, 0.2) is 95.5 Å². The summed E-state index contributed by atoms with van der Waals surface area (Å²) in [5.41, 5.74) is 6.66. The largest absolute Gasteiger partial charge is 0.497 e. The normalized spacial score (nSPS) is 20.1. The van der Waals surface area contributed by atoms with Crippen molar-refractivity contribution < 1.29 is 41.8 Å². The number of ether oxygens (including phenoxy) is 3. The van der Waals surface area contributed by atoms with Gasteiger partial charge in [0.2, 0.25) is 0 Å². The SMILES string of the molecule is COC(=O)C1=C(N)N(c2cccc(C(F)(F)F)c2)C2=C(C(=O)[C@H](C(=O)OC)[C@H](c3ccc(OC)cc3)C2)[C@@H]1c1cccc(Cl)c1. The molecule has 0 aromatic heterocycles. The van der Waals surface area contributed by atoms with E-state index in [1.165, 1.54) is 24.1 Å². The van der Waals surface area contributed by atoms with Crippen LogP contribution in [0.2, 0.25) is 5.02 Å². The summed E-state index contributed by atoms with van der Waals surface area (Å²) in [6.45, 7) is 0. The highest BCUT2D eigenvalue weighted by atomic mass is 35.5. The van der Waals surface area contributed by atoms with Crippen LogP contribution >= 0.6 is 11.6 Å². The third-order valence-electron chi connectivity index (χ3n) is 8.06. The van der Waals surface area contributed by atoms with Crippen molar-refractivity contribution in [2.24, 2.45) is 11.7 Å². The number of rotatable bonds is 6. The molecule has 0 radical (unpaired) electrons. The Morgan fingerprint density at radius 1 is 0.933 bits per heavy atom. The maximum atomic E-state index is 14.7. The lowest BCUT2D eigenvalue weighted by Gasteiger charge is -2.44. The van der Waals surface area contributed by atoms with Crippen molar-refractivity contribution in [2.75, 3.05) is 26.2 Å². The molecule has 1 heterocycles. The number of hydrogen-bond acceptors (Lipinski definition) is 8. The Balaban J connectivity index is 1.84. The van der Waals surface area contributed by atoms with E-state index in [0.717, 1.165) is 26.4 Å². The number of esters is 2. The monoisotopic (exact) mass is 640 g/mol. The van der Waals surface area contributed by atoms with E-state index in [1.54, 1.807) is 48.5 Å². The first-order chi connectivity index (χ1) is 21.4. The molecule has 0 unspecified atom stereocenters. The maximum Gasteiger partial charge on any atom is 0.416 e. The van der Waals surface area contributed by atoms with E-state index in [9.17, 15) is 27.6 Å². The topological polar surface area (TPSA) is 108 Å². The van der Waals surface area contributed by atoms with E-state index in [4.69, 9.17) is 31.5 Å². The predicted octanol–water partition coefficient (Wildman–Crippen LogP) is 6.11. The van der Waals surface area contributed by atoms with Gasteiger partial charge in [0.15, 0.2) is 5.78 Å². The van der Waals surface area contributed by atoms with Gasteiger partial charge in [0, 0.05) is 27.9 Å². The zero-order valence-electron chi connectivity index (χ0n) is 24.4. The van der Waals surface area contributed by atoms with Crippen molar-refractivity contribution in [1.29, 1.82) is 0 Å². The molecular weight excluding hydrogens is 613 g/mol. The van der Waals surface area contributed by atoms with E-state index >= 15 is 0 Å². The van der Waals surface area contributed by atoms with Crippen LogP contribution in [-0.4, -0.2) is 39.1 Å². The molecule has 12 heteroatoms. The zero-order valence-corrected chi connectivity index (χ0v) is 25.1. The van der Waals surface area contributed by atoms with Gasteiger partial charge in [0.05, 0.1) is 38.4 Å². The molecule has 1 aliphatic carbocycles. The molecule has 2 aliphatic rings. The molecule has 8 nitrogen and oxygen atoms in total.